The number of hydrogen-bond donors (Lipinski definition) is 2. The summed E-state index contributed by atoms with van der Waals surface area (Å²) in [7, 11) is 0. The topological polar surface area (TPSA) is 87.1 Å². The molecule has 1 heterocycles. The van der Waals surface area contributed by atoms with E-state index in [0.717, 1.165) is 0 Å². The number of carboxylic acids is 1. The number of ether oxygens (including phenoxy) is 1. The lowest BCUT2D eigenvalue weighted by molar-refractivity contribution is -0.153. The van der Waals surface area contributed by atoms with Crippen LogP contribution in [0.1, 0.15) is 52.9 Å². The van der Waals surface area contributed by atoms with Crippen LogP contribution in [0.15, 0.2) is 0 Å². The molecule has 0 aliphatic carbocycles. The lowest BCUT2D eigenvalue weighted by atomic mass is 9.76. The van der Waals surface area contributed by atoms with Gasteiger partial charge in [0.2, 0.25) is 0 Å². The number of nitrogens with zero attached hydrogens (tertiary/aromatic N) is 1. The van der Waals surface area contributed by atoms with E-state index in [4.69, 9.17) is 9.84 Å². The van der Waals surface area contributed by atoms with Gasteiger partial charge in [-0.1, -0.05) is 0 Å². The standard InChI is InChI=1S/C15H27NO5/c1-14(2,3)21-13(20)16-9-6-8-15(11-16,12(18)19)7-4-5-10-17/h17H,4-11H2,1-3H3,(H,18,19). The SMILES string of the molecule is CC(C)(C)OC(=O)N1CCCC(CCCCO)(C(=O)O)C1. The Morgan fingerprint density at radius 3 is 2.48 bits per heavy atom. The zero-order valence-corrected chi connectivity index (χ0v) is 13.2. The molecule has 122 valence electrons. The van der Waals surface area contributed by atoms with Crippen molar-refractivity contribution >= 4 is 12.1 Å². The van der Waals surface area contributed by atoms with Crippen LogP contribution in [0.2, 0.25) is 0 Å². The third kappa shape index (κ3) is 5.19. The van der Waals surface area contributed by atoms with Crippen LogP contribution in [0.3, 0.4) is 0 Å². The number of amides is 1. The van der Waals surface area contributed by atoms with Crippen molar-refractivity contribution in [1.29, 1.82) is 0 Å². The average Bonchev–Trinajstić information content (AvgIpc) is 2.37. The van der Waals surface area contributed by atoms with E-state index in [2.05, 4.69) is 0 Å². The van der Waals surface area contributed by atoms with E-state index in [1.54, 1.807) is 20.8 Å². The molecule has 0 radical (unpaired) electrons. The highest BCUT2D eigenvalue weighted by molar-refractivity contribution is 5.77. The maximum Gasteiger partial charge on any atom is 0.410 e. The van der Waals surface area contributed by atoms with Crippen molar-refractivity contribution in [3.05, 3.63) is 0 Å². The van der Waals surface area contributed by atoms with Crippen molar-refractivity contribution in [2.24, 2.45) is 5.41 Å². The number of likely N-dealkylation sites (tertiary alicyclic amines) is 1. The molecular weight excluding hydrogens is 274 g/mol. The molecule has 2 N–H and O–H groups in total. The number of piperidine rings is 1. The highest BCUT2D eigenvalue weighted by Crippen LogP contribution is 2.36. The molecule has 0 saturated carbocycles. The van der Waals surface area contributed by atoms with Crippen molar-refractivity contribution in [2.75, 3.05) is 19.7 Å². The van der Waals surface area contributed by atoms with E-state index in [0.29, 0.717) is 38.6 Å². The van der Waals surface area contributed by atoms with Crippen LogP contribution >= 0.6 is 0 Å². The fourth-order valence-corrected chi connectivity index (χ4v) is 2.67. The number of aliphatic hydroxyl groups excluding tert-OH is 1. The lowest BCUT2D eigenvalue weighted by Crippen LogP contribution is -2.51. The first-order valence-corrected chi connectivity index (χ1v) is 7.52. The van der Waals surface area contributed by atoms with Crippen LogP contribution in [0, 0.1) is 5.41 Å². The number of carbonyl (C=O) groups excluding carboxylic acids is 1. The van der Waals surface area contributed by atoms with Crippen LogP contribution in [0.5, 0.6) is 0 Å². The molecule has 1 amide bonds. The molecule has 1 atom stereocenters. The molecule has 1 aliphatic heterocycles. The molecule has 6 nitrogen and oxygen atoms in total. The maximum atomic E-state index is 12.1. The van der Waals surface area contributed by atoms with Gasteiger partial charge in [-0.25, -0.2) is 4.79 Å². The minimum Gasteiger partial charge on any atom is -0.481 e. The van der Waals surface area contributed by atoms with E-state index in [1.807, 2.05) is 0 Å². The number of aliphatic hydroxyl groups is 1. The molecule has 0 aromatic heterocycles. The third-order valence-electron chi connectivity index (χ3n) is 3.75. The summed E-state index contributed by atoms with van der Waals surface area (Å²) in [4.78, 5) is 25.3. The van der Waals surface area contributed by atoms with Gasteiger partial charge in [-0.2, -0.15) is 0 Å². The zero-order chi connectivity index (χ0) is 16.1. The predicted molar refractivity (Wildman–Crippen MR) is 78.0 cm³/mol. The van der Waals surface area contributed by atoms with Gasteiger partial charge in [-0.05, 0) is 52.9 Å². The van der Waals surface area contributed by atoms with Crippen molar-refractivity contribution in [3.63, 3.8) is 0 Å². The molecule has 0 spiro atoms. The lowest BCUT2D eigenvalue weighted by Gasteiger charge is -2.40. The Labute approximate surface area is 126 Å². The van der Waals surface area contributed by atoms with E-state index in [1.165, 1.54) is 4.90 Å². The van der Waals surface area contributed by atoms with E-state index < -0.39 is 23.1 Å². The van der Waals surface area contributed by atoms with Gasteiger partial charge in [0, 0.05) is 19.7 Å². The average molecular weight is 301 g/mol. The molecule has 21 heavy (non-hydrogen) atoms. The molecular formula is C15H27NO5. The number of carboxylic acid groups (broad SMARTS) is 1. The number of unbranched alkanes of at least 4 members (excludes halogenated alkanes) is 1. The van der Waals surface area contributed by atoms with Gasteiger partial charge in [0.25, 0.3) is 0 Å². The van der Waals surface area contributed by atoms with Crippen molar-refractivity contribution in [3.8, 4) is 0 Å². The molecule has 1 saturated heterocycles. The first-order valence-electron chi connectivity index (χ1n) is 7.52. The molecule has 1 rings (SSSR count). The first-order chi connectivity index (χ1) is 9.70. The molecule has 1 unspecified atom stereocenters. The Morgan fingerprint density at radius 2 is 1.95 bits per heavy atom. The van der Waals surface area contributed by atoms with Gasteiger partial charge in [0.05, 0.1) is 5.41 Å². The van der Waals surface area contributed by atoms with Gasteiger partial charge >= 0.3 is 12.1 Å². The fourth-order valence-electron chi connectivity index (χ4n) is 2.67. The Bertz CT molecular complexity index is 377. The van der Waals surface area contributed by atoms with Crippen LogP contribution < -0.4 is 0 Å². The minimum absolute atomic E-state index is 0.0610. The Kier molecular flexibility index (Phi) is 6.01. The van der Waals surface area contributed by atoms with Crippen LogP contribution in [0.25, 0.3) is 0 Å². The van der Waals surface area contributed by atoms with Crippen LogP contribution in [0.4, 0.5) is 4.79 Å². The number of rotatable bonds is 5. The quantitative estimate of drug-likeness (QED) is 0.760. The van der Waals surface area contributed by atoms with Gasteiger partial charge in [-0.15, -0.1) is 0 Å². The summed E-state index contributed by atoms with van der Waals surface area (Å²) in [6.45, 7) is 6.15. The Morgan fingerprint density at radius 1 is 1.29 bits per heavy atom. The number of carbonyl (C=O) groups is 2. The summed E-state index contributed by atoms with van der Waals surface area (Å²) < 4.78 is 5.33. The summed E-state index contributed by atoms with van der Waals surface area (Å²) in [5, 5.41) is 18.4. The van der Waals surface area contributed by atoms with Crippen molar-refractivity contribution in [1.82, 2.24) is 4.90 Å². The highest BCUT2D eigenvalue weighted by atomic mass is 16.6. The van der Waals surface area contributed by atoms with E-state index >= 15 is 0 Å². The third-order valence-corrected chi connectivity index (χ3v) is 3.75. The molecule has 1 fully saturated rings. The van der Waals surface area contributed by atoms with Gasteiger partial charge in [-0.3, -0.25) is 4.79 Å². The molecule has 6 heteroatoms. The summed E-state index contributed by atoms with van der Waals surface area (Å²) in [6, 6.07) is 0. The summed E-state index contributed by atoms with van der Waals surface area (Å²) in [6.07, 6.45) is 2.47. The minimum atomic E-state index is -0.912. The van der Waals surface area contributed by atoms with Crippen LogP contribution in [-0.2, 0) is 9.53 Å². The van der Waals surface area contributed by atoms with E-state index in [9.17, 15) is 14.7 Å². The van der Waals surface area contributed by atoms with E-state index in [-0.39, 0.29) is 13.2 Å². The second-order valence-corrected chi connectivity index (χ2v) is 6.77. The molecule has 1 aliphatic rings. The van der Waals surface area contributed by atoms with Gasteiger partial charge in [0.1, 0.15) is 5.60 Å². The number of aliphatic carboxylic acids is 1. The first kappa shape index (κ1) is 17.8. The normalized spacial score (nSPS) is 23.0. The summed E-state index contributed by atoms with van der Waals surface area (Å²) >= 11 is 0. The zero-order valence-electron chi connectivity index (χ0n) is 13.2. The highest BCUT2D eigenvalue weighted by Gasteiger charge is 2.43. The Balaban J connectivity index is 2.74. The maximum absolute atomic E-state index is 12.1. The smallest absolute Gasteiger partial charge is 0.410 e. The number of hydrogen-bond acceptors (Lipinski definition) is 4. The molecule has 0 aromatic carbocycles. The predicted octanol–water partition coefficient (Wildman–Crippen LogP) is 2.25. The largest absolute Gasteiger partial charge is 0.481 e. The van der Waals surface area contributed by atoms with Gasteiger partial charge < -0.3 is 19.8 Å². The Hall–Kier alpha value is -1.30. The van der Waals surface area contributed by atoms with Crippen molar-refractivity contribution < 1.29 is 24.5 Å². The second-order valence-electron chi connectivity index (χ2n) is 6.77. The van der Waals surface area contributed by atoms with Crippen LogP contribution in [-0.4, -0.2) is 52.5 Å². The van der Waals surface area contributed by atoms with Crippen molar-refractivity contribution in [2.45, 2.75) is 58.5 Å². The fraction of sp³-hybridized carbons (Fsp3) is 0.867. The van der Waals surface area contributed by atoms with Gasteiger partial charge in [0.15, 0.2) is 0 Å². The second kappa shape index (κ2) is 7.11. The summed E-state index contributed by atoms with van der Waals surface area (Å²) in [5.74, 6) is -0.867. The summed E-state index contributed by atoms with van der Waals surface area (Å²) in [5.41, 5.74) is -1.50. The monoisotopic (exact) mass is 301 g/mol. The molecule has 0 aromatic rings. The molecule has 0 bridgehead atoms.